The van der Waals surface area contributed by atoms with Crippen molar-refractivity contribution in [1.29, 1.82) is 0 Å². The van der Waals surface area contributed by atoms with Gasteiger partial charge in [-0.15, -0.1) is 0 Å². The van der Waals surface area contributed by atoms with E-state index in [0.717, 1.165) is 12.8 Å². The van der Waals surface area contributed by atoms with Crippen molar-refractivity contribution in [2.75, 3.05) is 13.6 Å². The first-order valence-corrected chi connectivity index (χ1v) is 6.87. The summed E-state index contributed by atoms with van der Waals surface area (Å²) in [6, 6.07) is 0. The van der Waals surface area contributed by atoms with Crippen LogP contribution in [0, 0.1) is 5.92 Å². The minimum Gasteiger partial charge on any atom is -0.389 e. The van der Waals surface area contributed by atoms with Crippen LogP contribution < -0.4 is 0 Å². The molecule has 0 spiro atoms. The summed E-state index contributed by atoms with van der Waals surface area (Å²) in [5, 5.41) is 9.74. The van der Waals surface area contributed by atoms with Gasteiger partial charge in [0, 0.05) is 19.5 Å². The smallest absolute Gasteiger partial charge is 0.225 e. The van der Waals surface area contributed by atoms with E-state index in [-0.39, 0.29) is 11.8 Å². The third-order valence-corrected chi connectivity index (χ3v) is 3.45. The van der Waals surface area contributed by atoms with Gasteiger partial charge in [0.05, 0.1) is 5.60 Å². The average molecular weight is 241 g/mol. The van der Waals surface area contributed by atoms with Gasteiger partial charge >= 0.3 is 0 Å². The van der Waals surface area contributed by atoms with Crippen LogP contribution in [0.1, 0.15) is 58.8 Å². The first-order chi connectivity index (χ1) is 7.90. The molecule has 0 bridgehead atoms. The van der Waals surface area contributed by atoms with Crippen LogP contribution in [0.4, 0.5) is 0 Å². The van der Waals surface area contributed by atoms with Gasteiger partial charge in [-0.3, -0.25) is 4.79 Å². The fourth-order valence-corrected chi connectivity index (χ4v) is 2.67. The molecular formula is C14H27NO2. The lowest BCUT2D eigenvalue weighted by Gasteiger charge is -2.29. The van der Waals surface area contributed by atoms with Crippen LogP contribution in [-0.2, 0) is 4.79 Å². The topological polar surface area (TPSA) is 40.5 Å². The number of nitrogens with zero attached hydrogens (tertiary/aromatic N) is 1. The minimum atomic E-state index is -0.800. The number of rotatable bonds is 3. The van der Waals surface area contributed by atoms with Crippen molar-refractivity contribution in [3.8, 4) is 0 Å². The van der Waals surface area contributed by atoms with Gasteiger partial charge in [-0.2, -0.15) is 0 Å². The zero-order valence-corrected chi connectivity index (χ0v) is 11.5. The van der Waals surface area contributed by atoms with E-state index in [4.69, 9.17) is 0 Å². The van der Waals surface area contributed by atoms with Crippen LogP contribution >= 0.6 is 0 Å². The van der Waals surface area contributed by atoms with Gasteiger partial charge in [-0.1, -0.05) is 32.1 Å². The zero-order chi connectivity index (χ0) is 12.9. The second-order valence-corrected chi connectivity index (χ2v) is 6.05. The second kappa shape index (κ2) is 6.39. The van der Waals surface area contributed by atoms with Crippen molar-refractivity contribution in [3.05, 3.63) is 0 Å². The summed E-state index contributed by atoms with van der Waals surface area (Å²) < 4.78 is 0. The van der Waals surface area contributed by atoms with E-state index in [0.29, 0.717) is 6.54 Å². The van der Waals surface area contributed by atoms with Crippen LogP contribution in [0.5, 0.6) is 0 Å². The lowest BCUT2D eigenvalue weighted by Crippen LogP contribution is -2.42. The Morgan fingerprint density at radius 2 is 1.65 bits per heavy atom. The van der Waals surface area contributed by atoms with Gasteiger partial charge in [0.15, 0.2) is 0 Å². The van der Waals surface area contributed by atoms with Gasteiger partial charge in [-0.25, -0.2) is 0 Å². The molecule has 1 aliphatic carbocycles. The molecule has 1 amide bonds. The highest BCUT2D eigenvalue weighted by Gasteiger charge is 2.25. The predicted octanol–water partition coefficient (Wildman–Crippen LogP) is 2.58. The molecule has 0 unspecified atom stereocenters. The molecule has 100 valence electrons. The Labute approximate surface area is 105 Å². The predicted molar refractivity (Wildman–Crippen MR) is 69.7 cm³/mol. The van der Waals surface area contributed by atoms with Crippen LogP contribution in [0.15, 0.2) is 0 Å². The summed E-state index contributed by atoms with van der Waals surface area (Å²) in [6.07, 6.45) is 8.24. The molecule has 0 aromatic carbocycles. The summed E-state index contributed by atoms with van der Waals surface area (Å²) in [7, 11) is 1.80. The van der Waals surface area contributed by atoms with Gasteiger partial charge in [-0.05, 0) is 26.7 Å². The fraction of sp³-hybridized carbons (Fsp3) is 0.929. The number of hydrogen-bond donors (Lipinski definition) is 1. The van der Waals surface area contributed by atoms with Crippen molar-refractivity contribution in [2.24, 2.45) is 5.92 Å². The molecule has 0 aromatic heterocycles. The largest absolute Gasteiger partial charge is 0.389 e. The highest BCUT2D eigenvalue weighted by Crippen LogP contribution is 2.24. The highest BCUT2D eigenvalue weighted by atomic mass is 16.3. The van der Waals surface area contributed by atoms with Crippen LogP contribution in [0.2, 0.25) is 0 Å². The Kier molecular flexibility index (Phi) is 5.44. The van der Waals surface area contributed by atoms with Crippen LogP contribution in [0.25, 0.3) is 0 Å². The number of aliphatic hydroxyl groups is 1. The van der Waals surface area contributed by atoms with Crippen LogP contribution in [-0.4, -0.2) is 35.1 Å². The molecule has 1 rings (SSSR count). The SMILES string of the molecule is CN(CC(C)(C)O)C(=O)C1CCCCCCC1. The number of carbonyl (C=O) groups is 1. The Morgan fingerprint density at radius 3 is 2.12 bits per heavy atom. The molecule has 1 N–H and O–H groups in total. The van der Waals surface area contributed by atoms with Crippen molar-refractivity contribution < 1.29 is 9.90 Å². The Balaban J connectivity index is 2.48. The highest BCUT2D eigenvalue weighted by molar-refractivity contribution is 5.78. The molecule has 17 heavy (non-hydrogen) atoms. The summed E-state index contributed by atoms with van der Waals surface area (Å²) in [5.74, 6) is 0.400. The van der Waals surface area contributed by atoms with Gasteiger partial charge in [0.2, 0.25) is 5.91 Å². The maximum Gasteiger partial charge on any atom is 0.225 e. The summed E-state index contributed by atoms with van der Waals surface area (Å²) >= 11 is 0. The first kappa shape index (κ1) is 14.5. The van der Waals surface area contributed by atoms with Crippen molar-refractivity contribution in [1.82, 2.24) is 4.90 Å². The van der Waals surface area contributed by atoms with E-state index in [1.54, 1.807) is 25.8 Å². The van der Waals surface area contributed by atoms with Crippen molar-refractivity contribution >= 4 is 5.91 Å². The maximum absolute atomic E-state index is 12.3. The van der Waals surface area contributed by atoms with Crippen LogP contribution in [0.3, 0.4) is 0 Å². The van der Waals surface area contributed by atoms with E-state index in [9.17, 15) is 9.90 Å². The Hall–Kier alpha value is -0.570. The monoisotopic (exact) mass is 241 g/mol. The third-order valence-electron chi connectivity index (χ3n) is 3.45. The third kappa shape index (κ3) is 5.53. The quantitative estimate of drug-likeness (QED) is 0.825. The first-order valence-electron chi connectivity index (χ1n) is 6.87. The van der Waals surface area contributed by atoms with E-state index in [1.165, 1.54) is 32.1 Å². The molecule has 3 nitrogen and oxygen atoms in total. The molecule has 1 saturated carbocycles. The number of hydrogen-bond acceptors (Lipinski definition) is 2. The lowest BCUT2D eigenvalue weighted by molar-refractivity contribution is -0.137. The average Bonchev–Trinajstić information content (AvgIpc) is 2.13. The van der Waals surface area contributed by atoms with Gasteiger partial charge in [0.25, 0.3) is 0 Å². The van der Waals surface area contributed by atoms with E-state index < -0.39 is 5.60 Å². The number of likely N-dealkylation sites (N-methyl/N-ethyl adjacent to an activating group) is 1. The van der Waals surface area contributed by atoms with E-state index in [1.807, 2.05) is 0 Å². The molecule has 0 heterocycles. The van der Waals surface area contributed by atoms with E-state index >= 15 is 0 Å². The van der Waals surface area contributed by atoms with E-state index in [2.05, 4.69) is 0 Å². The molecular weight excluding hydrogens is 214 g/mol. The lowest BCUT2D eigenvalue weighted by atomic mass is 9.90. The molecule has 0 atom stereocenters. The summed E-state index contributed by atoms with van der Waals surface area (Å²) in [6.45, 7) is 3.91. The Morgan fingerprint density at radius 1 is 1.18 bits per heavy atom. The maximum atomic E-state index is 12.3. The standard InChI is InChI=1S/C14H27NO2/c1-14(2,17)11-15(3)13(16)12-9-7-5-4-6-8-10-12/h12,17H,4-11H2,1-3H3. The molecule has 0 saturated heterocycles. The normalized spacial score (nSPS) is 19.5. The molecule has 3 heteroatoms. The zero-order valence-electron chi connectivity index (χ0n) is 11.5. The molecule has 1 fully saturated rings. The van der Waals surface area contributed by atoms with Gasteiger partial charge < -0.3 is 10.0 Å². The summed E-state index contributed by atoms with van der Waals surface area (Å²) in [4.78, 5) is 14.0. The molecule has 1 aliphatic rings. The van der Waals surface area contributed by atoms with Crippen molar-refractivity contribution in [2.45, 2.75) is 64.4 Å². The minimum absolute atomic E-state index is 0.183. The molecule has 0 aliphatic heterocycles. The molecule has 0 aromatic rings. The fourth-order valence-electron chi connectivity index (χ4n) is 2.67. The Bertz CT molecular complexity index is 237. The second-order valence-electron chi connectivity index (χ2n) is 6.05. The molecule has 0 radical (unpaired) electrons. The number of amides is 1. The van der Waals surface area contributed by atoms with Gasteiger partial charge in [0.1, 0.15) is 0 Å². The van der Waals surface area contributed by atoms with Crippen molar-refractivity contribution in [3.63, 3.8) is 0 Å². The number of carbonyl (C=O) groups excluding carboxylic acids is 1. The summed E-state index contributed by atoms with van der Waals surface area (Å²) in [5.41, 5.74) is -0.800.